The molecule has 0 aliphatic heterocycles. The SMILES string of the molecule is CC1CC1C(=O)NCCNC(=O)c1ccc(C(F)(F)F)cc1. The summed E-state index contributed by atoms with van der Waals surface area (Å²) in [5.41, 5.74) is -0.648. The first kappa shape index (κ1) is 16.3. The molecular weight excluding hydrogens is 297 g/mol. The maximum absolute atomic E-state index is 12.4. The molecule has 2 amide bonds. The van der Waals surface area contributed by atoms with E-state index in [4.69, 9.17) is 0 Å². The number of hydrogen-bond donors (Lipinski definition) is 2. The molecule has 2 rings (SSSR count). The Balaban J connectivity index is 1.74. The van der Waals surface area contributed by atoms with Crippen molar-refractivity contribution in [2.75, 3.05) is 13.1 Å². The van der Waals surface area contributed by atoms with Gasteiger partial charge in [-0.2, -0.15) is 13.2 Å². The minimum absolute atomic E-state index is 0.0173. The Morgan fingerprint density at radius 2 is 1.68 bits per heavy atom. The predicted molar refractivity (Wildman–Crippen MR) is 74.1 cm³/mol. The number of nitrogens with one attached hydrogen (secondary N) is 2. The molecule has 1 fully saturated rings. The molecule has 0 spiro atoms. The number of rotatable bonds is 5. The van der Waals surface area contributed by atoms with Crippen LogP contribution in [0.2, 0.25) is 0 Å². The van der Waals surface area contributed by atoms with E-state index in [1.54, 1.807) is 0 Å². The van der Waals surface area contributed by atoms with Crippen LogP contribution >= 0.6 is 0 Å². The molecule has 0 heterocycles. The summed E-state index contributed by atoms with van der Waals surface area (Å²) in [5.74, 6) is 0.00592. The Bertz CT molecular complexity index is 555. The Labute approximate surface area is 126 Å². The lowest BCUT2D eigenvalue weighted by Crippen LogP contribution is -2.35. The van der Waals surface area contributed by atoms with Gasteiger partial charge in [0.25, 0.3) is 5.91 Å². The molecule has 2 N–H and O–H groups in total. The van der Waals surface area contributed by atoms with E-state index in [0.717, 1.165) is 30.7 Å². The van der Waals surface area contributed by atoms with E-state index in [1.807, 2.05) is 6.92 Å². The van der Waals surface area contributed by atoms with Crippen molar-refractivity contribution >= 4 is 11.8 Å². The lowest BCUT2D eigenvalue weighted by Gasteiger charge is -2.09. The van der Waals surface area contributed by atoms with E-state index in [0.29, 0.717) is 12.5 Å². The standard InChI is InChI=1S/C15H17F3N2O2/c1-9-8-12(9)14(22)20-7-6-19-13(21)10-2-4-11(5-3-10)15(16,17)18/h2-5,9,12H,6-8H2,1H3,(H,19,21)(H,20,22). The van der Waals surface area contributed by atoms with Gasteiger partial charge in [0.1, 0.15) is 0 Å². The number of halogens is 3. The first-order valence-electron chi connectivity index (χ1n) is 7.02. The van der Waals surface area contributed by atoms with Crippen LogP contribution in [0.15, 0.2) is 24.3 Å². The van der Waals surface area contributed by atoms with Crippen LogP contribution in [0.5, 0.6) is 0 Å². The first-order chi connectivity index (χ1) is 10.3. The Morgan fingerprint density at radius 1 is 1.14 bits per heavy atom. The zero-order chi connectivity index (χ0) is 16.3. The minimum Gasteiger partial charge on any atom is -0.354 e. The highest BCUT2D eigenvalue weighted by atomic mass is 19.4. The number of amides is 2. The monoisotopic (exact) mass is 314 g/mol. The summed E-state index contributed by atoms with van der Waals surface area (Å²) in [6, 6.07) is 3.99. The van der Waals surface area contributed by atoms with Gasteiger partial charge in [-0.15, -0.1) is 0 Å². The lowest BCUT2D eigenvalue weighted by molar-refractivity contribution is -0.137. The highest BCUT2D eigenvalue weighted by Crippen LogP contribution is 2.37. The highest BCUT2D eigenvalue weighted by molar-refractivity contribution is 5.94. The summed E-state index contributed by atoms with van der Waals surface area (Å²) in [5, 5.41) is 5.26. The van der Waals surface area contributed by atoms with Crippen molar-refractivity contribution in [2.45, 2.75) is 19.5 Å². The second-order valence-corrected chi connectivity index (χ2v) is 5.44. The molecule has 2 atom stereocenters. The zero-order valence-corrected chi connectivity index (χ0v) is 12.0. The van der Waals surface area contributed by atoms with Crippen LogP contribution in [0, 0.1) is 11.8 Å². The summed E-state index contributed by atoms with van der Waals surface area (Å²) in [7, 11) is 0. The van der Waals surface area contributed by atoms with Crippen molar-refractivity contribution in [3.8, 4) is 0 Å². The average Bonchev–Trinajstić information content (AvgIpc) is 3.19. The lowest BCUT2D eigenvalue weighted by atomic mass is 10.1. The van der Waals surface area contributed by atoms with E-state index in [-0.39, 0.29) is 23.9 Å². The molecule has 0 aromatic heterocycles. The van der Waals surface area contributed by atoms with Crippen molar-refractivity contribution in [3.05, 3.63) is 35.4 Å². The van der Waals surface area contributed by atoms with Crippen LogP contribution in [-0.2, 0) is 11.0 Å². The third-order valence-electron chi connectivity index (χ3n) is 3.63. The van der Waals surface area contributed by atoms with Crippen LogP contribution in [0.3, 0.4) is 0 Å². The quantitative estimate of drug-likeness (QED) is 0.819. The Hall–Kier alpha value is -2.05. The van der Waals surface area contributed by atoms with E-state index in [1.165, 1.54) is 0 Å². The molecule has 2 unspecified atom stereocenters. The number of alkyl halides is 3. The third-order valence-corrected chi connectivity index (χ3v) is 3.63. The number of benzene rings is 1. The van der Waals surface area contributed by atoms with Crippen molar-refractivity contribution in [2.24, 2.45) is 11.8 Å². The van der Waals surface area contributed by atoms with Crippen molar-refractivity contribution in [3.63, 3.8) is 0 Å². The highest BCUT2D eigenvalue weighted by Gasteiger charge is 2.38. The van der Waals surface area contributed by atoms with Crippen molar-refractivity contribution in [1.82, 2.24) is 10.6 Å². The van der Waals surface area contributed by atoms with E-state index in [2.05, 4.69) is 10.6 Å². The number of hydrogen-bond acceptors (Lipinski definition) is 2. The Morgan fingerprint density at radius 3 is 2.18 bits per heavy atom. The van der Waals surface area contributed by atoms with Crippen LogP contribution in [-0.4, -0.2) is 24.9 Å². The predicted octanol–water partition coefficient (Wildman–Crippen LogP) is 2.21. The molecule has 4 nitrogen and oxygen atoms in total. The van der Waals surface area contributed by atoms with Gasteiger partial charge in [-0.3, -0.25) is 9.59 Å². The molecule has 0 radical (unpaired) electrons. The molecule has 1 aromatic carbocycles. The first-order valence-corrected chi connectivity index (χ1v) is 7.02. The molecule has 0 bridgehead atoms. The number of carbonyl (C=O) groups is 2. The van der Waals surface area contributed by atoms with Gasteiger partial charge >= 0.3 is 6.18 Å². The fourth-order valence-corrected chi connectivity index (χ4v) is 2.09. The van der Waals surface area contributed by atoms with Crippen LogP contribution in [0.1, 0.15) is 29.3 Å². The summed E-state index contributed by atoms with van der Waals surface area (Å²) in [6.07, 6.45) is -3.52. The molecule has 120 valence electrons. The van der Waals surface area contributed by atoms with E-state index < -0.39 is 17.6 Å². The Kier molecular flexibility index (Phi) is 4.73. The van der Waals surface area contributed by atoms with Crippen LogP contribution in [0.4, 0.5) is 13.2 Å². The van der Waals surface area contributed by atoms with Gasteiger partial charge in [0.2, 0.25) is 5.91 Å². The smallest absolute Gasteiger partial charge is 0.354 e. The van der Waals surface area contributed by atoms with Gasteiger partial charge in [-0.25, -0.2) is 0 Å². The normalized spacial score (nSPS) is 20.4. The zero-order valence-electron chi connectivity index (χ0n) is 12.0. The summed E-state index contributed by atoms with van der Waals surface area (Å²) in [6.45, 7) is 2.53. The third kappa shape index (κ3) is 4.22. The van der Waals surface area contributed by atoms with Crippen LogP contribution in [0.25, 0.3) is 0 Å². The topological polar surface area (TPSA) is 58.2 Å². The van der Waals surface area contributed by atoms with Gasteiger partial charge in [-0.05, 0) is 36.6 Å². The largest absolute Gasteiger partial charge is 0.416 e. The summed E-state index contributed by atoms with van der Waals surface area (Å²) in [4.78, 5) is 23.3. The second kappa shape index (κ2) is 6.37. The van der Waals surface area contributed by atoms with E-state index in [9.17, 15) is 22.8 Å². The fraction of sp³-hybridized carbons (Fsp3) is 0.467. The second-order valence-electron chi connectivity index (χ2n) is 5.44. The van der Waals surface area contributed by atoms with Crippen molar-refractivity contribution in [1.29, 1.82) is 0 Å². The molecule has 1 aliphatic rings. The molecule has 1 saturated carbocycles. The molecule has 22 heavy (non-hydrogen) atoms. The van der Waals surface area contributed by atoms with Crippen molar-refractivity contribution < 1.29 is 22.8 Å². The summed E-state index contributed by atoms with van der Waals surface area (Å²) < 4.78 is 37.2. The molecule has 1 aliphatic carbocycles. The van der Waals surface area contributed by atoms with Gasteiger partial charge in [-0.1, -0.05) is 6.92 Å². The molecule has 0 saturated heterocycles. The van der Waals surface area contributed by atoms with Gasteiger partial charge in [0, 0.05) is 24.6 Å². The molecular formula is C15H17F3N2O2. The maximum Gasteiger partial charge on any atom is 0.416 e. The van der Waals surface area contributed by atoms with Gasteiger partial charge in [0.15, 0.2) is 0 Å². The average molecular weight is 314 g/mol. The molecule has 7 heteroatoms. The maximum atomic E-state index is 12.4. The molecule has 1 aromatic rings. The van der Waals surface area contributed by atoms with E-state index >= 15 is 0 Å². The fourth-order valence-electron chi connectivity index (χ4n) is 2.09. The van der Waals surface area contributed by atoms with Crippen LogP contribution < -0.4 is 10.6 Å². The van der Waals surface area contributed by atoms with Gasteiger partial charge in [0.05, 0.1) is 5.56 Å². The minimum atomic E-state index is -4.42. The number of carbonyl (C=O) groups excluding carboxylic acids is 2. The summed E-state index contributed by atoms with van der Waals surface area (Å²) >= 11 is 0. The van der Waals surface area contributed by atoms with Gasteiger partial charge < -0.3 is 10.6 Å².